The monoisotopic (exact) mass is 261 g/mol. The van der Waals surface area contributed by atoms with Gasteiger partial charge in [-0.25, -0.2) is 0 Å². The van der Waals surface area contributed by atoms with Crippen molar-refractivity contribution in [3.63, 3.8) is 0 Å². The highest BCUT2D eigenvalue weighted by molar-refractivity contribution is 5.52. The fraction of sp³-hybridized carbons (Fsp3) is 0.462. The Morgan fingerprint density at radius 2 is 2.42 bits per heavy atom. The first-order valence-corrected chi connectivity index (χ1v) is 6.23. The second-order valence-electron chi connectivity index (χ2n) is 4.57. The van der Waals surface area contributed by atoms with E-state index in [1.165, 1.54) is 18.2 Å². The SMILES string of the molecule is N#Cc1cc(OCC2CCCNC2)ccc1[N+](=O)[O-]. The quantitative estimate of drug-likeness (QED) is 0.660. The zero-order chi connectivity index (χ0) is 13.7. The summed E-state index contributed by atoms with van der Waals surface area (Å²) in [5, 5.41) is 22.9. The number of hydrogen-bond acceptors (Lipinski definition) is 5. The lowest BCUT2D eigenvalue weighted by Gasteiger charge is -2.22. The first-order valence-electron chi connectivity index (χ1n) is 6.23. The van der Waals surface area contributed by atoms with Crippen molar-refractivity contribution in [1.29, 1.82) is 5.26 Å². The van der Waals surface area contributed by atoms with Crippen molar-refractivity contribution >= 4 is 5.69 Å². The number of nitrogens with zero attached hydrogens (tertiary/aromatic N) is 2. The lowest BCUT2D eigenvalue weighted by atomic mass is 10.0. The smallest absolute Gasteiger partial charge is 0.287 e. The minimum absolute atomic E-state index is 0.0317. The number of benzene rings is 1. The summed E-state index contributed by atoms with van der Waals surface area (Å²) in [7, 11) is 0. The number of ether oxygens (including phenoxy) is 1. The third-order valence-electron chi connectivity index (χ3n) is 3.17. The highest BCUT2D eigenvalue weighted by Crippen LogP contribution is 2.24. The molecule has 1 unspecified atom stereocenters. The van der Waals surface area contributed by atoms with Crippen LogP contribution in [0.5, 0.6) is 5.75 Å². The van der Waals surface area contributed by atoms with E-state index in [9.17, 15) is 10.1 Å². The summed E-state index contributed by atoms with van der Waals surface area (Å²) < 4.78 is 5.61. The van der Waals surface area contributed by atoms with Crippen LogP contribution in [0.2, 0.25) is 0 Å². The highest BCUT2D eigenvalue weighted by Gasteiger charge is 2.16. The fourth-order valence-corrected chi connectivity index (χ4v) is 2.13. The second-order valence-corrected chi connectivity index (χ2v) is 4.57. The molecule has 0 spiro atoms. The van der Waals surface area contributed by atoms with Gasteiger partial charge in [0.05, 0.1) is 11.5 Å². The van der Waals surface area contributed by atoms with Crippen LogP contribution in [0.1, 0.15) is 18.4 Å². The number of piperidine rings is 1. The second kappa shape index (κ2) is 6.16. The van der Waals surface area contributed by atoms with Crippen molar-refractivity contribution in [2.75, 3.05) is 19.7 Å². The standard InChI is InChI=1S/C13H15N3O3/c14-7-11-6-12(3-4-13(11)16(17)18)19-9-10-2-1-5-15-8-10/h3-4,6,10,15H,1-2,5,8-9H2. The first-order chi connectivity index (χ1) is 9.20. The number of rotatable bonds is 4. The number of nitro groups is 1. The lowest BCUT2D eigenvalue weighted by Crippen LogP contribution is -2.33. The summed E-state index contributed by atoms with van der Waals surface area (Å²) in [6.07, 6.45) is 2.25. The maximum absolute atomic E-state index is 10.7. The molecule has 1 aromatic rings. The fourth-order valence-electron chi connectivity index (χ4n) is 2.13. The van der Waals surface area contributed by atoms with E-state index in [0.29, 0.717) is 18.3 Å². The van der Waals surface area contributed by atoms with Gasteiger partial charge in [-0.2, -0.15) is 5.26 Å². The van der Waals surface area contributed by atoms with Crippen LogP contribution in [-0.2, 0) is 0 Å². The molecule has 2 rings (SSSR count). The average molecular weight is 261 g/mol. The molecule has 0 aliphatic carbocycles. The molecule has 1 aliphatic heterocycles. The van der Waals surface area contributed by atoms with Gasteiger partial charge in [-0.3, -0.25) is 10.1 Å². The average Bonchev–Trinajstić information content (AvgIpc) is 2.45. The van der Waals surface area contributed by atoms with Gasteiger partial charge < -0.3 is 10.1 Å². The van der Waals surface area contributed by atoms with E-state index >= 15 is 0 Å². The molecule has 6 nitrogen and oxygen atoms in total. The van der Waals surface area contributed by atoms with Gasteiger partial charge in [0.2, 0.25) is 0 Å². The third-order valence-corrected chi connectivity index (χ3v) is 3.17. The van der Waals surface area contributed by atoms with E-state index < -0.39 is 4.92 Å². The van der Waals surface area contributed by atoms with E-state index in [1.54, 1.807) is 0 Å². The van der Waals surface area contributed by atoms with Crippen LogP contribution in [-0.4, -0.2) is 24.6 Å². The predicted octanol–water partition coefficient (Wildman–Crippen LogP) is 1.84. The van der Waals surface area contributed by atoms with E-state index in [2.05, 4.69) is 5.32 Å². The summed E-state index contributed by atoms with van der Waals surface area (Å²) >= 11 is 0. The molecule has 0 bridgehead atoms. The number of nitriles is 1. The van der Waals surface area contributed by atoms with Crippen LogP contribution in [0.25, 0.3) is 0 Å². The minimum atomic E-state index is -0.562. The van der Waals surface area contributed by atoms with Gasteiger partial charge in [-0.1, -0.05) is 0 Å². The predicted molar refractivity (Wildman–Crippen MR) is 68.9 cm³/mol. The molecule has 1 aromatic carbocycles. The maximum Gasteiger partial charge on any atom is 0.287 e. The van der Waals surface area contributed by atoms with Crippen molar-refractivity contribution in [2.24, 2.45) is 5.92 Å². The zero-order valence-corrected chi connectivity index (χ0v) is 10.5. The van der Waals surface area contributed by atoms with Gasteiger partial charge in [0, 0.05) is 24.6 Å². The van der Waals surface area contributed by atoms with Crippen molar-refractivity contribution in [1.82, 2.24) is 5.32 Å². The van der Waals surface area contributed by atoms with E-state index in [1.807, 2.05) is 6.07 Å². The summed E-state index contributed by atoms with van der Waals surface area (Å²) in [4.78, 5) is 10.1. The van der Waals surface area contributed by atoms with Gasteiger partial charge in [0.25, 0.3) is 5.69 Å². The Morgan fingerprint density at radius 3 is 3.05 bits per heavy atom. The molecule has 19 heavy (non-hydrogen) atoms. The van der Waals surface area contributed by atoms with Gasteiger partial charge in [0.15, 0.2) is 0 Å². The molecule has 0 radical (unpaired) electrons. The molecule has 0 aromatic heterocycles. The molecule has 6 heteroatoms. The molecule has 100 valence electrons. The number of hydrogen-bond donors (Lipinski definition) is 1. The highest BCUT2D eigenvalue weighted by atomic mass is 16.6. The van der Waals surface area contributed by atoms with Crippen LogP contribution in [0.15, 0.2) is 18.2 Å². The Labute approximate surface area is 111 Å². The summed E-state index contributed by atoms with van der Waals surface area (Å²) in [5.41, 5.74) is -0.154. The molecule has 1 aliphatic rings. The first kappa shape index (κ1) is 13.3. The molecule has 1 heterocycles. The van der Waals surface area contributed by atoms with Gasteiger partial charge in [0.1, 0.15) is 17.4 Å². The number of nitrogens with one attached hydrogen (secondary N) is 1. The Hall–Kier alpha value is -2.13. The van der Waals surface area contributed by atoms with Crippen LogP contribution < -0.4 is 10.1 Å². The summed E-state index contributed by atoms with van der Waals surface area (Å²) in [6, 6.07) is 6.10. The normalized spacial score (nSPS) is 18.6. The molecule has 1 atom stereocenters. The molecule has 0 amide bonds. The van der Waals surface area contributed by atoms with E-state index in [4.69, 9.17) is 10.00 Å². The molecular formula is C13H15N3O3. The lowest BCUT2D eigenvalue weighted by molar-refractivity contribution is -0.385. The zero-order valence-electron chi connectivity index (χ0n) is 10.5. The Balaban J connectivity index is 2.01. The van der Waals surface area contributed by atoms with Crippen LogP contribution in [0.3, 0.4) is 0 Å². The Kier molecular flexibility index (Phi) is 4.31. The van der Waals surface area contributed by atoms with E-state index in [0.717, 1.165) is 25.9 Å². The summed E-state index contributed by atoms with van der Waals surface area (Å²) in [5.74, 6) is 0.960. The molecular weight excluding hydrogens is 246 g/mol. The molecule has 1 fully saturated rings. The minimum Gasteiger partial charge on any atom is -0.493 e. The van der Waals surface area contributed by atoms with Gasteiger partial charge >= 0.3 is 0 Å². The van der Waals surface area contributed by atoms with Crippen LogP contribution in [0.4, 0.5) is 5.69 Å². The molecule has 1 N–H and O–H groups in total. The van der Waals surface area contributed by atoms with Gasteiger partial charge in [-0.05, 0) is 25.5 Å². The van der Waals surface area contributed by atoms with Crippen molar-refractivity contribution in [3.8, 4) is 11.8 Å². The maximum atomic E-state index is 10.7. The van der Waals surface area contributed by atoms with Crippen molar-refractivity contribution in [3.05, 3.63) is 33.9 Å². The molecule has 0 saturated carbocycles. The Morgan fingerprint density at radius 1 is 1.58 bits per heavy atom. The van der Waals surface area contributed by atoms with E-state index in [-0.39, 0.29) is 11.3 Å². The summed E-state index contributed by atoms with van der Waals surface area (Å²) in [6.45, 7) is 2.54. The topological polar surface area (TPSA) is 88.2 Å². The van der Waals surface area contributed by atoms with Crippen LogP contribution in [0, 0.1) is 27.4 Å². The third kappa shape index (κ3) is 3.42. The van der Waals surface area contributed by atoms with Crippen molar-refractivity contribution in [2.45, 2.75) is 12.8 Å². The Bertz CT molecular complexity index is 504. The van der Waals surface area contributed by atoms with Crippen LogP contribution >= 0.6 is 0 Å². The van der Waals surface area contributed by atoms with Gasteiger partial charge in [-0.15, -0.1) is 0 Å². The molecule has 1 saturated heterocycles. The number of nitro benzene ring substituents is 1. The largest absolute Gasteiger partial charge is 0.493 e. The van der Waals surface area contributed by atoms with Crippen molar-refractivity contribution < 1.29 is 9.66 Å².